The molecule has 0 aliphatic heterocycles. The highest BCUT2D eigenvalue weighted by Crippen LogP contribution is 2.21. The zero-order valence-electron chi connectivity index (χ0n) is 11.1. The van der Waals surface area contributed by atoms with E-state index in [-0.39, 0.29) is 18.0 Å². The van der Waals surface area contributed by atoms with Crippen molar-refractivity contribution < 1.29 is 4.79 Å². The van der Waals surface area contributed by atoms with Crippen LogP contribution in [-0.2, 0) is 11.3 Å². The van der Waals surface area contributed by atoms with E-state index in [1.807, 2.05) is 12.3 Å². The smallest absolute Gasteiger partial charge is 0.271 e. The molecule has 0 aromatic carbocycles. The second kappa shape index (κ2) is 4.75. The van der Waals surface area contributed by atoms with Crippen LogP contribution in [0.5, 0.6) is 0 Å². The van der Waals surface area contributed by atoms with E-state index in [0.29, 0.717) is 4.70 Å². The number of aromatic nitrogens is 2. The molecule has 6 nitrogen and oxygen atoms in total. The number of aryl methyl sites for hydroxylation is 1. The van der Waals surface area contributed by atoms with Gasteiger partial charge in [-0.05, 0) is 31.7 Å². The summed E-state index contributed by atoms with van der Waals surface area (Å²) in [4.78, 5) is 28.2. The van der Waals surface area contributed by atoms with Crippen LogP contribution in [0.3, 0.4) is 0 Å². The summed E-state index contributed by atoms with van der Waals surface area (Å²) in [5.41, 5.74) is 2.93. The highest BCUT2D eigenvalue weighted by atomic mass is 32.1. The predicted octanol–water partition coefficient (Wildman–Crippen LogP) is 0.783. The van der Waals surface area contributed by atoms with Crippen molar-refractivity contribution in [1.29, 1.82) is 0 Å². The first-order valence-electron chi connectivity index (χ1n) is 5.81. The minimum atomic E-state index is -0.778. The van der Waals surface area contributed by atoms with Crippen LogP contribution in [0.1, 0.15) is 19.4 Å². The molecule has 7 heteroatoms. The molecule has 0 aliphatic rings. The molecule has 19 heavy (non-hydrogen) atoms. The van der Waals surface area contributed by atoms with Gasteiger partial charge in [-0.3, -0.25) is 19.6 Å². The SMILES string of the molecule is Cc1csc2c(=O)n(CC(C)(C)C(=O)NN)cnc12. The van der Waals surface area contributed by atoms with Crippen LogP contribution in [0.2, 0.25) is 0 Å². The van der Waals surface area contributed by atoms with Crippen molar-refractivity contribution in [2.75, 3.05) is 0 Å². The summed E-state index contributed by atoms with van der Waals surface area (Å²) in [5, 5.41) is 1.90. The number of thiophene rings is 1. The number of hydrazine groups is 1. The van der Waals surface area contributed by atoms with Gasteiger partial charge < -0.3 is 0 Å². The zero-order chi connectivity index (χ0) is 14.2. The fourth-order valence-electron chi connectivity index (χ4n) is 1.87. The van der Waals surface area contributed by atoms with Gasteiger partial charge in [0.05, 0.1) is 17.3 Å². The molecule has 2 aromatic heterocycles. The van der Waals surface area contributed by atoms with Gasteiger partial charge in [0.15, 0.2) is 0 Å². The molecule has 0 radical (unpaired) electrons. The van der Waals surface area contributed by atoms with E-state index >= 15 is 0 Å². The molecule has 0 spiro atoms. The molecule has 3 N–H and O–H groups in total. The maximum atomic E-state index is 12.3. The van der Waals surface area contributed by atoms with E-state index in [1.54, 1.807) is 13.8 Å². The van der Waals surface area contributed by atoms with Gasteiger partial charge in [0.2, 0.25) is 5.91 Å². The number of nitrogens with one attached hydrogen (secondary N) is 1. The van der Waals surface area contributed by atoms with Gasteiger partial charge in [-0.25, -0.2) is 10.8 Å². The van der Waals surface area contributed by atoms with Crippen molar-refractivity contribution >= 4 is 27.5 Å². The average Bonchev–Trinajstić information content (AvgIpc) is 2.74. The lowest BCUT2D eigenvalue weighted by Crippen LogP contribution is -2.44. The van der Waals surface area contributed by atoms with Gasteiger partial charge in [0, 0.05) is 6.54 Å². The van der Waals surface area contributed by atoms with Crippen molar-refractivity contribution in [3.63, 3.8) is 0 Å². The number of fused-ring (bicyclic) bond motifs is 1. The Morgan fingerprint density at radius 1 is 1.58 bits per heavy atom. The molecule has 0 aliphatic carbocycles. The van der Waals surface area contributed by atoms with Crippen LogP contribution >= 0.6 is 11.3 Å². The number of rotatable bonds is 3. The minimum absolute atomic E-state index is 0.124. The Kier molecular flexibility index (Phi) is 3.42. The van der Waals surface area contributed by atoms with Crippen LogP contribution in [0.4, 0.5) is 0 Å². The number of carbonyl (C=O) groups is 1. The number of nitrogens with two attached hydrogens (primary N) is 1. The Balaban J connectivity index is 2.45. The van der Waals surface area contributed by atoms with E-state index in [9.17, 15) is 9.59 Å². The molecule has 2 heterocycles. The van der Waals surface area contributed by atoms with E-state index in [4.69, 9.17) is 5.84 Å². The molecule has 0 saturated heterocycles. The van der Waals surface area contributed by atoms with Crippen molar-refractivity contribution in [3.05, 3.63) is 27.6 Å². The number of hydrogen-bond acceptors (Lipinski definition) is 5. The molecule has 2 rings (SSSR count). The lowest BCUT2D eigenvalue weighted by molar-refractivity contribution is -0.130. The van der Waals surface area contributed by atoms with Gasteiger partial charge in [0.1, 0.15) is 4.70 Å². The fourth-order valence-corrected chi connectivity index (χ4v) is 2.82. The summed E-state index contributed by atoms with van der Waals surface area (Å²) in [7, 11) is 0. The molecular formula is C12H16N4O2S. The van der Waals surface area contributed by atoms with E-state index in [2.05, 4.69) is 10.4 Å². The van der Waals surface area contributed by atoms with Crippen molar-refractivity contribution in [2.24, 2.45) is 11.3 Å². The molecule has 1 amide bonds. The largest absolute Gasteiger partial charge is 0.297 e. The Labute approximate surface area is 114 Å². The van der Waals surface area contributed by atoms with Crippen LogP contribution in [-0.4, -0.2) is 15.5 Å². The Bertz CT molecular complexity index is 687. The Morgan fingerprint density at radius 2 is 2.26 bits per heavy atom. The van der Waals surface area contributed by atoms with E-state index in [1.165, 1.54) is 22.2 Å². The Hall–Kier alpha value is -1.73. The molecule has 2 aromatic rings. The lowest BCUT2D eigenvalue weighted by Gasteiger charge is -2.22. The number of amides is 1. The topological polar surface area (TPSA) is 90.0 Å². The summed E-state index contributed by atoms with van der Waals surface area (Å²) in [6, 6.07) is 0. The number of nitrogens with zero attached hydrogens (tertiary/aromatic N) is 2. The second-order valence-corrected chi connectivity index (χ2v) is 6.01. The van der Waals surface area contributed by atoms with E-state index < -0.39 is 5.41 Å². The maximum Gasteiger partial charge on any atom is 0.271 e. The van der Waals surface area contributed by atoms with Crippen LogP contribution in [0, 0.1) is 12.3 Å². The Morgan fingerprint density at radius 3 is 2.89 bits per heavy atom. The van der Waals surface area contributed by atoms with Gasteiger partial charge in [-0.15, -0.1) is 11.3 Å². The predicted molar refractivity (Wildman–Crippen MR) is 74.7 cm³/mol. The van der Waals surface area contributed by atoms with Gasteiger partial charge in [0.25, 0.3) is 5.56 Å². The minimum Gasteiger partial charge on any atom is -0.297 e. The molecule has 102 valence electrons. The second-order valence-electron chi connectivity index (χ2n) is 5.13. The third kappa shape index (κ3) is 2.39. The van der Waals surface area contributed by atoms with Crippen molar-refractivity contribution in [2.45, 2.75) is 27.3 Å². The molecule has 0 saturated carbocycles. The maximum absolute atomic E-state index is 12.3. The summed E-state index contributed by atoms with van der Waals surface area (Å²) >= 11 is 1.37. The zero-order valence-corrected chi connectivity index (χ0v) is 11.9. The monoisotopic (exact) mass is 280 g/mol. The first-order valence-corrected chi connectivity index (χ1v) is 6.69. The normalized spacial score (nSPS) is 11.8. The first-order chi connectivity index (χ1) is 8.86. The van der Waals surface area contributed by atoms with Crippen LogP contribution < -0.4 is 16.8 Å². The van der Waals surface area contributed by atoms with Crippen molar-refractivity contribution in [1.82, 2.24) is 15.0 Å². The van der Waals surface area contributed by atoms with Crippen LogP contribution in [0.15, 0.2) is 16.5 Å². The highest BCUT2D eigenvalue weighted by molar-refractivity contribution is 7.17. The lowest BCUT2D eigenvalue weighted by atomic mass is 9.92. The summed E-state index contributed by atoms with van der Waals surface area (Å²) in [5.74, 6) is 4.83. The molecule has 0 atom stereocenters. The highest BCUT2D eigenvalue weighted by Gasteiger charge is 2.28. The van der Waals surface area contributed by atoms with Gasteiger partial charge in [-0.2, -0.15) is 0 Å². The molecular weight excluding hydrogens is 264 g/mol. The van der Waals surface area contributed by atoms with Gasteiger partial charge in [-0.1, -0.05) is 0 Å². The first kappa shape index (κ1) is 13.7. The molecule has 0 bridgehead atoms. The summed E-state index contributed by atoms with van der Waals surface area (Å²) in [6.45, 7) is 5.60. The van der Waals surface area contributed by atoms with E-state index in [0.717, 1.165) is 11.1 Å². The van der Waals surface area contributed by atoms with Crippen molar-refractivity contribution in [3.8, 4) is 0 Å². The third-order valence-corrected chi connectivity index (χ3v) is 4.11. The number of carbonyl (C=O) groups excluding carboxylic acids is 1. The quantitative estimate of drug-likeness (QED) is 0.494. The summed E-state index contributed by atoms with van der Waals surface area (Å²) in [6.07, 6.45) is 1.48. The number of hydrogen-bond donors (Lipinski definition) is 2. The fraction of sp³-hybridized carbons (Fsp3) is 0.417. The molecule has 0 fully saturated rings. The van der Waals surface area contributed by atoms with Gasteiger partial charge >= 0.3 is 0 Å². The van der Waals surface area contributed by atoms with Crippen LogP contribution in [0.25, 0.3) is 10.2 Å². The average molecular weight is 280 g/mol. The summed E-state index contributed by atoms with van der Waals surface area (Å²) < 4.78 is 2.07. The standard InChI is InChI=1S/C12H16N4O2S/c1-7-4-19-9-8(7)14-6-16(10(9)17)5-12(2,3)11(18)15-13/h4,6H,5,13H2,1-3H3,(H,15,18). The third-order valence-electron chi connectivity index (χ3n) is 3.03. The molecule has 0 unspecified atom stereocenters.